The second-order valence-electron chi connectivity index (χ2n) is 9.04. The SMILES string of the molecule is Nc1nc(N(Cc2ccccc2N2CCCCC2)C[C@H]2CC[C@H](N)CC2)ncc1[N+](=O)[O-]. The van der Waals surface area contributed by atoms with Crippen LogP contribution in [0.15, 0.2) is 30.5 Å². The Bertz CT molecular complexity index is 924. The molecular weight excluding hydrogens is 406 g/mol. The van der Waals surface area contributed by atoms with Gasteiger partial charge in [-0.1, -0.05) is 18.2 Å². The van der Waals surface area contributed by atoms with Gasteiger partial charge in [0.15, 0.2) is 0 Å². The van der Waals surface area contributed by atoms with E-state index in [4.69, 9.17) is 11.5 Å². The molecule has 2 fully saturated rings. The van der Waals surface area contributed by atoms with E-state index in [0.29, 0.717) is 18.4 Å². The van der Waals surface area contributed by atoms with Crippen molar-refractivity contribution in [1.82, 2.24) is 9.97 Å². The summed E-state index contributed by atoms with van der Waals surface area (Å²) in [4.78, 5) is 23.9. The highest BCUT2D eigenvalue weighted by atomic mass is 16.6. The Morgan fingerprint density at radius 1 is 1.12 bits per heavy atom. The van der Waals surface area contributed by atoms with Crippen molar-refractivity contribution in [2.24, 2.45) is 11.7 Å². The van der Waals surface area contributed by atoms with Crippen LogP contribution in [0.3, 0.4) is 0 Å². The highest BCUT2D eigenvalue weighted by Crippen LogP contribution is 2.30. The second kappa shape index (κ2) is 10.1. The van der Waals surface area contributed by atoms with Gasteiger partial charge < -0.3 is 21.3 Å². The lowest BCUT2D eigenvalue weighted by atomic mass is 9.86. The Labute approximate surface area is 189 Å². The number of para-hydroxylation sites is 1. The fraction of sp³-hybridized carbons (Fsp3) is 0.565. The molecule has 0 atom stereocenters. The molecule has 172 valence electrons. The quantitative estimate of drug-likeness (QED) is 0.496. The number of benzene rings is 1. The number of anilines is 3. The van der Waals surface area contributed by atoms with Crippen molar-refractivity contribution in [2.45, 2.75) is 57.5 Å². The summed E-state index contributed by atoms with van der Waals surface area (Å²) in [6.45, 7) is 3.54. The molecule has 0 unspecified atom stereocenters. The van der Waals surface area contributed by atoms with Crippen LogP contribution in [0.4, 0.5) is 23.1 Å². The molecule has 0 spiro atoms. The minimum absolute atomic E-state index is 0.0972. The molecule has 1 aliphatic heterocycles. The molecule has 32 heavy (non-hydrogen) atoms. The van der Waals surface area contributed by atoms with E-state index in [0.717, 1.165) is 45.3 Å². The van der Waals surface area contributed by atoms with Gasteiger partial charge in [0.05, 0.1) is 4.92 Å². The third kappa shape index (κ3) is 5.27. The molecule has 9 heteroatoms. The number of nitrogens with two attached hydrogens (primary N) is 2. The topological polar surface area (TPSA) is 127 Å². The zero-order valence-corrected chi connectivity index (χ0v) is 18.5. The number of piperidine rings is 1. The molecule has 4 rings (SSSR count). The number of hydrogen-bond acceptors (Lipinski definition) is 8. The van der Waals surface area contributed by atoms with Gasteiger partial charge in [0, 0.05) is 37.9 Å². The van der Waals surface area contributed by atoms with Crippen molar-refractivity contribution < 1.29 is 4.92 Å². The van der Waals surface area contributed by atoms with Crippen LogP contribution in [0.25, 0.3) is 0 Å². The zero-order chi connectivity index (χ0) is 22.5. The minimum atomic E-state index is -0.544. The smallest absolute Gasteiger partial charge is 0.329 e. The van der Waals surface area contributed by atoms with E-state index in [1.54, 1.807) is 0 Å². The molecule has 1 saturated carbocycles. The summed E-state index contributed by atoms with van der Waals surface area (Å²) in [5.41, 5.74) is 14.2. The van der Waals surface area contributed by atoms with Gasteiger partial charge in [-0.25, -0.2) is 4.98 Å². The maximum atomic E-state index is 11.2. The van der Waals surface area contributed by atoms with Gasteiger partial charge in [-0.15, -0.1) is 0 Å². The number of aromatic nitrogens is 2. The summed E-state index contributed by atoms with van der Waals surface area (Å²) in [5.74, 6) is 0.827. The van der Waals surface area contributed by atoms with Crippen LogP contribution < -0.4 is 21.3 Å². The van der Waals surface area contributed by atoms with Crippen molar-refractivity contribution in [3.8, 4) is 0 Å². The highest BCUT2D eigenvalue weighted by molar-refractivity contribution is 5.57. The second-order valence-corrected chi connectivity index (χ2v) is 9.04. The van der Waals surface area contributed by atoms with Gasteiger partial charge >= 0.3 is 5.69 Å². The summed E-state index contributed by atoms with van der Waals surface area (Å²) < 4.78 is 0. The summed E-state index contributed by atoms with van der Waals surface area (Å²) in [6, 6.07) is 8.77. The first-order valence-corrected chi connectivity index (χ1v) is 11.6. The first kappa shape index (κ1) is 22.3. The monoisotopic (exact) mass is 439 g/mol. The van der Waals surface area contributed by atoms with Gasteiger partial charge in [-0.05, 0) is 62.5 Å². The van der Waals surface area contributed by atoms with Crippen LogP contribution in [-0.2, 0) is 6.54 Å². The van der Waals surface area contributed by atoms with Crippen LogP contribution in [0.5, 0.6) is 0 Å². The first-order chi connectivity index (χ1) is 15.5. The van der Waals surface area contributed by atoms with Gasteiger partial charge in [0.1, 0.15) is 6.20 Å². The Morgan fingerprint density at radius 3 is 2.53 bits per heavy atom. The van der Waals surface area contributed by atoms with E-state index < -0.39 is 4.92 Å². The number of nitrogens with zero attached hydrogens (tertiary/aromatic N) is 5. The standard InChI is InChI=1S/C23H33N7O2/c24-19-10-8-17(9-11-19)15-29(23-26-14-21(30(31)32)22(25)27-23)16-18-6-2-3-7-20(18)28-12-4-1-5-13-28/h2-3,6-7,14,17,19H,1,4-5,8-13,15-16,24H2,(H2,25,26,27)/t17-,19-. The van der Waals surface area contributed by atoms with E-state index in [1.165, 1.54) is 36.7 Å². The lowest BCUT2D eigenvalue weighted by Gasteiger charge is -2.34. The summed E-state index contributed by atoms with van der Waals surface area (Å²) >= 11 is 0. The molecule has 2 heterocycles. The number of hydrogen-bond donors (Lipinski definition) is 2. The normalized spacial score (nSPS) is 21.3. The van der Waals surface area contributed by atoms with Gasteiger partial charge in [0.25, 0.3) is 0 Å². The van der Waals surface area contributed by atoms with Crippen molar-refractivity contribution in [1.29, 1.82) is 0 Å². The molecule has 4 N–H and O–H groups in total. The van der Waals surface area contributed by atoms with Crippen molar-refractivity contribution >= 4 is 23.1 Å². The predicted octanol–water partition coefficient (Wildman–Crippen LogP) is 3.48. The number of rotatable bonds is 7. The molecule has 0 radical (unpaired) electrons. The molecule has 0 amide bonds. The average Bonchev–Trinajstić information content (AvgIpc) is 2.80. The largest absolute Gasteiger partial charge is 0.378 e. The highest BCUT2D eigenvalue weighted by Gasteiger charge is 2.25. The number of nitro groups is 1. The molecule has 1 aromatic carbocycles. The van der Waals surface area contributed by atoms with E-state index in [-0.39, 0.29) is 17.5 Å². The van der Waals surface area contributed by atoms with Crippen LogP contribution in [-0.4, -0.2) is 40.6 Å². The molecule has 2 aromatic rings. The lowest BCUT2D eigenvalue weighted by Crippen LogP contribution is -2.36. The fourth-order valence-corrected chi connectivity index (χ4v) is 4.86. The van der Waals surface area contributed by atoms with Crippen molar-refractivity contribution in [3.05, 3.63) is 46.1 Å². The third-order valence-electron chi connectivity index (χ3n) is 6.68. The molecular formula is C23H33N7O2. The van der Waals surface area contributed by atoms with Crippen LogP contribution in [0.1, 0.15) is 50.5 Å². The summed E-state index contributed by atoms with van der Waals surface area (Å²) in [5, 5.41) is 11.2. The van der Waals surface area contributed by atoms with Crippen molar-refractivity contribution in [2.75, 3.05) is 35.2 Å². The molecule has 0 bridgehead atoms. The predicted molar refractivity (Wildman–Crippen MR) is 127 cm³/mol. The van der Waals surface area contributed by atoms with Crippen molar-refractivity contribution in [3.63, 3.8) is 0 Å². The number of nitrogen functional groups attached to an aromatic ring is 1. The van der Waals surface area contributed by atoms with Gasteiger partial charge in [0.2, 0.25) is 11.8 Å². The maximum Gasteiger partial charge on any atom is 0.329 e. The Morgan fingerprint density at radius 2 is 1.84 bits per heavy atom. The van der Waals surface area contributed by atoms with Crippen LogP contribution in [0.2, 0.25) is 0 Å². The summed E-state index contributed by atoms with van der Waals surface area (Å²) in [6.07, 6.45) is 9.09. The summed E-state index contributed by atoms with van der Waals surface area (Å²) in [7, 11) is 0. The van der Waals surface area contributed by atoms with Crippen LogP contribution in [0, 0.1) is 16.0 Å². The van der Waals surface area contributed by atoms with Crippen LogP contribution >= 0.6 is 0 Å². The minimum Gasteiger partial charge on any atom is -0.378 e. The Kier molecular flexibility index (Phi) is 7.04. The molecule has 1 aromatic heterocycles. The van der Waals surface area contributed by atoms with E-state index >= 15 is 0 Å². The zero-order valence-electron chi connectivity index (χ0n) is 18.5. The van der Waals surface area contributed by atoms with Gasteiger partial charge in [-0.2, -0.15) is 4.98 Å². The Hall–Kier alpha value is -2.94. The maximum absolute atomic E-state index is 11.2. The first-order valence-electron chi connectivity index (χ1n) is 11.6. The average molecular weight is 440 g/mol. The lowest BCUT2D eigenvalue weighted by molar-refractivity contribution is -0.384. The molecule has 1 aliphatic carbocycles. The Balaban J connectivity index is 1.61. The molecule has 2 aliphatic rings. The molecule has 1 saturated heterocycles. The molecule has 9 nitrogen and oxygen atoms in total. The van der Waals surface area contributed by atoms with Gasteiger partial charge in [-0.3, -0.25) is 10.1 Å². The third-order valence-corrected chi connectivity index (χ3v) is 6.68. The fourth-order valence-electron chi connectivity index (χ4n) is 4.86. The van der Waals surface area contributed by atoms with E-state index in [2.05, 4.69) is 44.0 Å². The van der Waals surface area contributed by atoms with E-state index in [9.17, 15) is 10.1 Å². The van der Waals surface area contributed by atoms with E-state index in [1.807, 2.05) is 0 Å².